The van der Waals surface area contributed by atoms with E-state index in [2.05, 4.69) is 15.0 Å². The third kappa shape index (κ3) is 2.96. The van der Waals surface area contributed by atoms with Crippen LogP contribution in [0.1, 0.15) is 5.56 Å². The zero-order chi connectivity index (χ0) is 12.5. The number of amidine groups is 1. The van der Waals surface area contributed by atoms with Crippen molar-refractivity contribution in [1.82, 2.24) is 5.32 Å². The lowest BCUT2D eigenvalue weighted by Gasteiger charge is -2.09. The quantitative estimate of drug-likeness (QED) is 0.856. The van der Waals surface area contributed by atoms with Crippen molar-refractivity contribution in [3.05, 3.63) is 29.8 Å². The van der Waals surface area contributed by atoms with Crippen molar-refractivity contribution >= 4 is 11.7 Å². The summed E-state index contributed by atoms with van der Waals surface area (Å²) >= 11 is 0. The van der Waals surface area contributed by atoms with Crippen LogP contribution in [-0.2, 0) is 4.79 Å². The molecule has 0 aliphatic carbocycles. The normalized spacial score (nSPS) is 15.5. The van der Waals surface area contributed by atoms with Gasteiger partial charge in [-0.25, -0.2) is 0 Å². The van der Waals surface area contributed by atoms with Crippen LogP contribution in [0.25, 0.3) is 0 Å². The molecule has 0 aromatic heterocycles. The number of alkyl halides is 3. The summed E-state index contributed by atoms with van der Waals surface area (Å²) in [5, 5.41) is 2.49. The van der Waals surface area contributed by atoms with Gasteiger partial charge in [0.2, 0.25) is 5.91 Å². The van der Waals surface area contributed by atoms with Crippen molar-refractivity contribution in [2.24, 2.45) is 4.99 Å². The first-order valence-electron chi connectivity index (χ1n) is 4.64. The number of aliphatic imine (C=N–C) groups is 1. The first kappa shape index (κ1) is 11.4. The SMILES string of the molecule is O=C1CN=C(c2ccc(OC(F)(F)F)cc2)N1. The highest BCUT2D eigenvalue weighted by Crippen LogP contribution is 2.22. The molecule has 4 nitrogen and oxygen atoms in total. The number of halogens is 3. The van der Waals surface area contributed by atoms with Gasteiger partial charge in [-0.3, -0.25) is 9.79 Å². The van der Waals surface area contributed by atoms with Crippen LogP contribution in [0, 0.1) is 0 Å². The summed E-state index contributed by atoms with van der Waals surface area (Å²) in [5.41, 5.74) is 0.533. The molecule has 0 fully saturated rings. The Kier molecular flexibility index (Phi) is 2.74. The highest BCUT2D eigenvalue weighted by atomic mass is 19.4. The highest BCUT2D eigenvalue weighted by Gasteiger charge is 2.31. The Morgan fingerprint density at radius 3 is 2.35 bits per heavy atom. The number of ether oxygens (including phenoxy) is 1. The van der Waals surface area contributed by atoms with Gasteiger partial charge in [-0.2, -0.15) is 0 Å². The minimum absolute atomic E-state index is 0.0378. The lowest BCUT2D eigenvalue weighted by Crippen LogP contribution is -2.25. The lowest BCUT2D eigenvalue weighted by molar-refractivity contribution is -0.274. The molecule has 1 aromatic carbocycles. The van der Waals surface area contributed by atoms with Crippen LogP contribution >= 0.6 is 0 Å². The molecule has 1 aromatic rings. The van der Waals surface area contributed by atoms with E-state index < -0.39 is 6.36 Å². The third-order valence-electron chi connectivity index (χ3n) is 2.00. The molecule has 0 atom stereocenters. The largest absolute Gasteiger partial charge is 0.573 e. The van der Waals surface area contributed by atoms with Crippen molar-refractivity contribution in [3.63, 3.8) is 0 Å². The summed E-state index contributed by atoms with van der Waals surface area (Å²) in [4.78, 5) is 14.8. The fourth-order valence-corrected chi connectivity index (χ4v) is 1.34. The van der Waals surface area contributed by atoms with Crippen molar-refractivity contribution < 1.29 is 22.7 Å². The van der Waals surface area contributed by atoms with Gasteiger partial charge in [0, 0.05) is 5.56 Å². The topological polar surface area (TPSA) is 50.7 Å². The Balaban J connectivity index is 2.11. The summed E-state index contributed by atoms with van der Waals surface area (Å²) < 4.78 is 39.4. The zero-order valence-electron chi connectivity index (χ0n) is 8.41. The predicted molar refractivity (Wildman–Crippen MR) is 52.7 cm³/mol. The number of benzene rings is 1. The zero-order valence-corrected chi connectivity index (χ0v) is 8.41. The summed E-state index contributed by atoms with van der Waals surface area (Å²) in [7, 11) is 0. The molecule has 0 saturated heterocycles. The van der Waals surface area contributed by atoms with Gasteiger partial charge in [-0.05, 0) is 24.3 Å². The van der Waals surface area contributed by atoms with E-state index in [1.54, 1.807) is 0 Å². The minimum Gasteiger partial charge on any atom is -0.406 e. The Bertz CT molecular complexity index is 465. The van der Waals surface area contributed by atoms with Gasteiger partial charge >= 0.3 is 6.36 Å². The van der Waals surface area contributed by atoms with Gasteiger partial charge in [0.1, 0.15) is 18.1 Å². The Hall–Kier alpha value is -2.05. The first-order valence-corrected chi connectivity index (χ1v) is 4.64. The van der Waals surface area contributed by atoms with Crippen LogP contribution in [0.3, 0.4) is 0 Å². The summed E-state index contributed by atoms with van der Waals surface area (Å²) in [6.07, 6.45) is -4.71. The van der Waals surface area contributed by atoms with Crippen LogP contribution in [-0.4, -0.2) is 24.6 Å². The van der Waals surface area contributed by atoms with E-state index in [0.29, 0.717) is 11.4 Å². The molecule has 90 valence electrons. The number of hydrogen-bond acceptors (Lipinski definition) is 3. The molecule has 1 amide bonds. The molecule has 7 heteroatoms. The Morgan fingerprint density at radius 2 is 1.88 bits per heavy atom. The average Bonchev–Trinajstić information content (AvgIpc) is 2.63. The van der Waals surface area contributed by atoms with Crippen molar-refractivity contribution in [2.75, 3.05) is 6.54 Å². The Labute approximate surface area is 94.1 Å². The monoisotopic (exact) mass is 244 g/mol. The van der Waals surface area contributed by atoms with E-state index in [0.717, 1.165) is 12.1 Å². The van der Waals surface area contributed by atoms with Gasteiger partial charge in [0.15, 0.2) is 0 Å². The van der Waals surface area contributed by atoms with Gasteiger partial charge < -0.3 is 10.1 Å². The van der Waals surface area contributed by atoms with Gasteiger partial charge in [-0.15, -0.1) is 13.2 Å². The molecule has 0 bridgehead atoms. The maximum Gasteiger partial charge on any atom is 0.573 e. The van der Waals surface area contributed by atoms with E-state index >= 15 is 0 Å². The fourth-order valence-electron chi connectivity index (χ4n) is 1.34. The molecule has 1 heterocycles. The number of hydrogen-bond donors (Lipinski definition) is 1. The molecule has 2 rings (SSSR count). The second kappa shape index (κ2) is 4.08. The van der Waals surface area contributed by atoms with Crippen molar-refractivity contribution in [3.8, 4) is 5.75 Å². The maximum absolute atomic E-state index is 11.9. The second-order valence-corrected chi connectivity index (χ2v) is 3.29. The molecule has 0 radical (unpaired) electrons. The van der Waals surface area contributed by atoms with Gasteiger partial charge in [0.25, 0.3) is 0 Å². The molecule has 1 aliphatic heterocycles. The maximum atomic E-state index is 11.9. The smallest absolute Gasteiger partial charge is 0.406 e. The lowest BCUT2D eigenvalue weighted by atomic mass is 10.2. The van der Waals surface area contributed by atoms with Gasteiger partial charge in [-0.1, -0.05) is 0 Å². The minimum atomic E-state index is -4.71. The van der Waals surface area contributed by atoms with Crippen LogP contribution in [0.15, 0.2) is 29.3 Å². The summed E-state index contributed by atoms with van der Waals surface area (Å²) in [5.74, 6) is -0.199. The van der Waals surface area contributed by atoms with E-state index in [4.69, 9.17) is 0 Å². The molecule has 1 aliphatic rings. The molecule has 0 spiro atoms. The number of amides is 1. The molecular weight excluding hydrogens is 237 g/mol. The highest BCUT2D eigenvalue weighted by molar-refractivity contribution is 6.12. The van der Waals surface area contributed by atoms with Crippen LogP contribution in [0.4, 0.5) is 13.2 Å². The number of nitrogens with one attached hydrogen (secondary N) is 1. The fraction of sp³-hybridized carbons (Fsp3) is 0.200. The number of carbonyl (C=O) groups excluding carboxylic acids is 1. The molecule has 1 N–H and O–H groups in total. The predicted octanol–water partition coefficient (Wildman–Crippen LogP) is 1.46. The van der Waals surface area contributed by atoms with Crippen molar-refractivity contribution in [2.45, 2.75) is 6.36 Å². The first-order chi connectivity index (χ1) is 7.94. The van der Waals surface area contributed by atoms with Crippen molar-refractivity contribution in [1.29, 1.82) is 0 Å². The molecular formula is C10H7F3N2O2. The van der Waals surface area contributed by atoms with E-state index in [9.17, 15) is 18.0 Å². The van der Waals surface area contributed by atoms with E-state index in [1.807, 2.05) is 0 Å². The molecule has 0 unspecified atom stereocenters. The summed E-state index contributed by atoms with van der Waals surface area (Å²) in [6.45, 7) is 0.0378. The molecule has 0 saturated carbocycles. The second-order valence-electron chi connectivity index (χ2n) is 3.29. The van der Waals surface area contributed by atoms with Crippen LogP contribution < -0.4 is 10.1 Å². The van der Waals surface area contributed by atoms with E-state index in [-0.39, 0.29) is 18.2 Å². The van der Waals surface area contributed by atoms with Gasteiger partial charge in [0.05, 0.1) is 0 Å². The third-order valence-corrected chi connectivity index (χ3v) is 2.00. The summed E-state index contributed by atoms with van der Waals surface area (Å²) in [6, 6.07) is 5.11. The average molecular weight is 244 g/mol. The standard InChI is InChI=1S/C10H7F3N2O2/c11-10(12,13)17-7-3-1-6(2-4-7)9-14-5-8(16)15-9/h1-4H,5H2,(H,14,15,16). The molecule has 17 heavy (non-hydrogen) atoms. The number of nitrogens with zero attached hydrogens (tertiary/aromatic N) is 1. The number of carbonyl (C=O) groups is 1. The van der Waals surface area contributed by atoms with E-state index in [1.165, 1.54) is 12.1 Å². The Morgan fingerprint density at radius 1 is 1.24 bits per heavy atom. The van der Waals surface area contributed by atoms with Crippen LogP contribution in [0.2, 0.25) is 0 Å². The van der Waals surface area contributed by atoms with Crippen LogP contribution in [0.5, 0.6) is 5.75 Å². The number of rotatable bonds is 2.